The summed E-state index contributed by atoms with van der Waals surface area (Å²) in [6, 6.07) is 9.57. The Hall–Kier alpha value is -3.18. The molecule has 1 fully saturated rings. The van der Waals surface area contributed by atoms with Crippen molar-refractivity contribution in [1.29, 1.82) is 5.26 Å². The van der Waals surface area contributed by atoms with E-state index in [-0.39, 0.29) is 0 Å². The maximum atomic E-state index is 9.10. The molecule has 0 aliphatic carbocycles. The second-order valence-electron chi connectivity index (χ2n) is 8.96. The van der Waals surface area contributed by atoms with Gasteiger partial charge >= 0.3 is 0 Å². The first-order chi connectivity index (χ1) is 16.0. The van der Waals surface area contributed by atoms with Crippen molar-refractivity contribution in [3.63, 3.8) is 0 Å². The molecule has 1 saturated heterocycles. The number of H-pyrrole nitrogens is 1. The van der Waals surface area contributed by atoms with Gasteiger partial charge in [0, 0.05) is 60.0 Å². The molecule has 0 radical (unpaired) electrons. The highest BCUT2D eigenvalue weighted by Crippen LogP contribution is 2.32. The number of nitrogens with zero attached hydrogens (tertiary/aromatic N) is 5. The molecule has 1 aliphatic heterocycles. The number of aromatic amines is 1. The number of piperidine rings is 1. The van der Waals surface area contributed by atoms with Gasteiger partial charge in [0.25, 0.3) is 0 Å². The van der Waals surface area contributed by atoms with Crippen molar-refractivity contribution in [3.05, 3.63) is 35.7 Å². The predicted octanol–water partition coefficient (Wildman–Crippen LogP) is 5.06. The molecule has 3 aromatic heterocycles. The van der Waals surface area contributed by atoms with E-state index in [1.807, 2.05) is 32.2 Å². The zero-order valence-electron chi connectivity index (χ0n) is 20.0. The van der Waals surface area contributed by atoms with Gasteiger partial charge in [0.1, 0.15) is 11.6 Å². The molecule has 0 aromatic carbocycles. The second-order valence-corrected chi connectivity index (χ2v) is 8.96. The van der Waals surface area contributed by atoms with Gasteiger partial charge in [-0.15, -0.1) is 0 Å². The van der Waals surface area contributed by atoms with Crippen LogP contribution in [0.4, 0.5) is 17.5 Å². The van der Waals surface area contributed by atoms with Gasteiger partial charge in [0.05, 0.1) is 11.6 Å². The molecule has 8 heteroatoms. The molecule has 0 spiro atoms. The fourth-order valence-electron chi connectivity index (χ4n) is 4.96. The predicted molar refractivity (Wildman–Crippen MR) is 133 cm³/mol. The maximum Gasteiger partial charge on any atom is 0.156 e. The van der Waals surface area contributed by atoms with Gasteiger partial charge in [-0.25, -0.2) is 4.98 Å². The Kier molecular flexibility index (Phi) is 7.09. The SMILES string of the molecule is CCC1CC(Nc2nc(Nc3n[nH]c(C)c3C)cc3ncccc23)CC(CC)N1CCC#N. The third-order valence-corrected chi connectivity index (χ3v) is 6.92. The lowest BCUT2D eigenvalue weighted by molar-refractivity contribution is 0.0735. The molecule has 4 rings (SSSR count). The first-order valence-corrected chi connectivity index (χ1v) is 12.0. The molecule has 4 heterocycles. The van der Waals surface area contributed by atoms with Crippen LogP contribution in [-0.2, 0) is 0 Å². The number of nitrogens with one attached hydrogen (secondary N) is 3. The third kappa shape index (κ3) is 4.93. The molecular weight excluding hydrogens is 412 g/mol. The van der Waals surface area contributed by atoms with Crippen LogP contribution in [-0.4, -0.2) is 49.7 Å². The Balaban J connectivity index is 1.61. The van der Waals surface area contributed by atoms with Crippen molar-refractivity contribution >= 4 is 28.4 Å². The van der Waals surface area contributed by atoms with Gasteiger partial charge < -0.3 is 10.6 Å². The highest BCUT2D eigenvalue weighted by atomic mass is 15.2. The minimum Gasteiger partial charge on any atom is -0.367 e. The average Bonchev–Trinajstić information content (AvgIpc) is 3.14. The molecule has 2 atom stereocenters. The summed E-state index contributed by atoms with van der Waals surface area (Å²) in [6.07, 6.45) is 6.63. The van der Waals surface area contributed by atoms with E-state index in [0.717, 1.165) is 71.8 Å². The van der Waals surface area contributed by atoms with Gasteiger partial charge in [-0.05, 0) is 51.7 Å². The number of aryl methyl sites for hydroxylation is 1. The Labute approximate surface area is 195 Å². The Morgan fingerprint density at radius 2 is 1.94 bits per heavy atom. The summed E-state index contributed by atoms with van der Waals surface area (Å²) in [5, 5.41) is 24.6. The van der Waals surface area contributed by atoms with E-state index in [2.05, 4.69) is 56.7 Å². The monoisotopic (exact) mass is 446 g/mol. The molecule has 8 nitrogen and oxygen atoms in total. The van der Waals surface area contributed by atoms with Crippen LogP contribution >= 0.6 is 0 Å². The van der Waals surface area contributed by atoms with Crippen LogP contribution in [0.1, 0.15) is 57.2 Å². The second kappa shape index (κ2) is 10.2. The van der Waals surface area contributed by atoms with Crippen LogP contribution in [0.15, 0.2) is 24.4 Å². The quantitative estimate of drug-likeness (QED) is 0.444. The van der Waals surface area contributed by atoms with Crippen LogP contribution in [0.25, 0.3) is 10.9 Å². The van der Waals surface area contributed by atoms with Crippen LogP contribution < -0.4 is 10.6 Å². The largest absolute Gasteiger partial charge is 0.367 e. The fourth-order valence-corrected chi connectivity index (χ4v) is 4.96. The van der Waals surface area contributed by atoms with Crippen molar-refractivity contribution in [2.75, 3.05) is 17.2 Å². The van der Waals surface area contributed by atoms with Crippen LogP contribution in [0.2, 0.25) is 0 Å². The highest BCUT2D eigenvalue weighted by Gasteiger charge is 2.33. The van der Waals surface area contributed by atoms with E-state index in [1.54, 1.807) is 0 Å². The van der Waals surface area contributed by atoms with Gasteiger partial charge in [0.15, 0.2) is 5.82 Å². The van der Waals surface area contributed by atoms with Gasteiger partial charge in [0.2, 0.25) is 0 Å². The fraction of sp³-hybridized carbons (Fsp3) is 0.520. The summed E-state index contributed by atoms with van der Waals surface area (Å²) in [6.45, 7) is 9.39. The molecule has 0 amide bonds. The maximum absolute atomic E-state index is 9.10. The van der Waals surface area contributed by atoms with Crippen molar-refractivity contribution in [2.45, 2.75) is 77.9 Å². The van der Waals surface area contributed by atoms with E-state index in [4.69, 9.17) is 10.2 Å². The summed E-state index contributed by atoms with van der Waals surface area (Å²) >= 11 is 0. The molecule has 3 N–H and O–H groups in total. The van der Waals surface area contributed by atoms with E-state index in [1.165, 1.54) is 0 Å². The summed E-state index contributed by atoms with van der Waals surface area (Å²) < 4.78 is 0. The first kappa shape index (κ1) is 23.0. The number of fused-ring (bicyclic) bond motifs is 1. The van der Waals surface area contributed by atoms with E-state index in [9.17, 15) is 0 Å². The summed E-state index contributed by atoms with van der Waals surface area (Å²) in [7, 11) is 0. The standard InChI is InChI=1S/C25H34N8/c1-5-19-13-18(14-20(6-2)33(19)12-8-10-26)28-25-21-9-7-11-27-22(21)15-23(30-25)29-24-16(3)17(4)31-32-24/h7,9,11,15,18-20H,5-6,8,12-14H2,1-4H3,(H3,28,29,30,31,32). The Morgan fingerprint density at radius 1 is 1.18 bits per heavy atom. The molecular formula is C25H34N8. The van der Waals surface area contributed by atoms with Crippen LogP contribution in [0.5, 0.6) is 0 Å². The number of aromatic nitrogens is 4. The van der Waals surface area contributed by atoms with Crippen molar-refractivity contribution in [1.82, 2.24) is 25.1 Å². The number of likely N-dealkylation sites (tertiary alicyclic amines) is 1. The highest BCUT2D eigenvalue weighted by molar-refractivity contribution is 5.91. The number of rotatable bonds is 8. The minimum absolute atomic E-state index is 0.318. The lowest BCUT2D eigenvalue weighted by atomic mass is 9.88. The van der Waals surface area contributed by atoms with Crippen molar-refractivity contribution < 1.29 is 0 Å². The van der Waals surface area contributed by atoms with Crippen LogP contribution in [0, 0.1) is 25.2 Å². The minimum atomic E-state index is 0.318. The molecule has 0 saturated carbocycles. The van der Waals surface area contributed by atoms with Crippen LogP contribution in [0.3, 0.4) is 0 Å². The summed E-state index contributed by atoms with van der Waals surface area (Å²) in [5.74, 6) is 2.36. The molecule has 0 bridgehead atoms. The van der Waals surface area contributed by atoms with Crippen molar-refractivity contribution in [3.8, 4) is 6.07 Å². The Bertz CT molecular complexity index is 1120. The number of nitriles is 1. The average molecular weight is 447 g/mol. The van der Waals surface area contributed by atoms with Gasteiger partial charge in [-0.2, -0.15) is 10.4 Å². The van der Waals surface area contributed by atoms with Gasteiger partial charge in [-0.3, -0.25) is 15.0 Å². The summed E-state index contributed by atoms with van der Waals surface area (Å²) in [4.78, 5) is 12.1. The molecule has 2 unspecified atom stereocenters. The third-order valence-electron chi connectivity index (χ3n) is 6.92. The van der Waals surface area contributed by atoms with Crippen molar-refractivity contribution in [2.24, 2.45) is 0 Å². The lowest BCUT2D eigenvalue weighted by Crippen LogP contribution is -2.52. The lowest BCUT2D eigenvalue weighted by Gasteiger charge is -2.45. The molecule has 1 aliphatic rings. The number of pyridine rings is 2. The van der Waals surface area contributed by atoms with E-state index >= 15 is 0 Å². The topological polar surface area (TPSA) is 106 Å². The first-order valence-electron chi connectivity index (χ1n) is 12.0. The number of anilines is 3. The number of hydrogen-bond donors (Lipinski definition) is 3. The molecule has 33 heavy (non-hydrogen) atoms. The normalized spacial score (nSPS) is 21.1. The van der Waals surface area contributed by atoms with E-state index < -0.39 is 0 Å². The zero-order valence-corrected chi connectivity index (χ0v) is 20.0. The Morgan fingerprint density at radius 3 is 2.58 bits per heavy atom. The number of hydrogen-bond acceptors (Lipinski definition) is 7. The zero-order chi connectivity index (χ0) is 23.4. The summed E-state index contributed by atoms with van der Waals surface area (Å²) in [5.41, 5.74) is 3.01. The smallest absolute Gasteiger partial charge is 0.156 e. The van der Waals surface area contributed by atoms with E-state index in [0.29, 0.717) is 24.5 Å². The van der Waals surface area contributed by atoms with Gasteiger partial charge in [-0.1, -0.05) is 13.8 Å². The molecule has 3 aromatic rings. The molecule has 174 valence electrons.